The Kier molecular flexibility index (Phi) is 3.38. The number of unbranched alkanes of at least 4 members (excludes halogenated alkanes) is 1. The van der Waals surface area contributed by atoms with Crippen LogP contribution in [0.2, 0.25) is 0 Å². The summed E-state index contributed by atoms with van der Waals surface area (Å²) in [6, 6.07) is 0. The van der Waals surface area contributed by atoms with Crippen LogP contribution in [0.15, 0.2) is 0 Å². The maximum Gasteiger partial charge on any atom is 0.172 e. The summed E-state index contributed by atoms with van der Waals surface area (Å²) in [5.74, 6) is 0. The molecule has 0 radical (unpaired) electrons. The lowest BCUT2D eigenvalue weighted by Gasteiger charge is -2.13. The largest absolute Gasteiger partial charge is 0.318 e. The third-order valence-electron chi connectivity index (χ3n) is 2.07. The van der Waals surface area contributed by atoms with Crippen molar-refractivity contribution in [1.82, 2.24) is 9.13 Å². The second-order valence-electron chi connectivity index (χ2n) is 3.19. The molecule has 0 unspecified atom stereocenters. The van der Waals surface area contributed by atoms with Crippen LogP contribution in [0.1, 0.15) is 19.8 Å². The summed E-state index contributed by atoms with van der Waals surface area (Å²) < 4.78 is 5.17. The highest BCUT2D eigenvalue weighted by atomic mass is 28.2. The quantitative estimate of drug-likeness (QED) is 0.535. The normalized spacial score (nSPS) is 24.6. The molecule has 2 nitrogen and oxygen atoms in total. The Hall–Kier alpha value is 0.137. The topological polar surface area (TPSA) is 6.48 Å². The molecule has 0 saturated carbocycles. The highest BCUT2D eigenvalue weighted by Gasteiger charge is 2.15. The van der Waals surface area contributed by atoms with Gasteiger partial charge in [0.2, 0.25) is 0 Å². The van der Waals surface area contributed by atoms with E-state index in [0.29, 0.717) is 0 Å². The smallest absolute Gasteiger partial charge is 0.172 e. The molecular weight excluding hydrogens is 140 g/mol. The van der Waals surface area contributed by atoms with Gasteiger partial charge in [-0.2, -0.15) is 0 Å². The summed E-state index contributed by atoms with van der Waals surface area (Å²) in [4.78, 5) is 0. The lowest BCUT2D eigenvalue weighted by Crippen LogP contribution is -2.28. The van der Waals surface area contributed by atoms with Crippen LogP contribution in [0.3, 0.4) is 0 Å². The van der Waals surface area contributed by atoms with Crippen LogP contribution in [0.5, 0.6) is 0 Å². The van der Waals surface area contributed by atoms with Crippen molar-refractivity contribution >= 4 is 9.84 Å². The van der Waals surface area contributed by atoms with Gasteiger partial charge in [0.1, 0.15) is 0 Å². The first-order chi connectivity index (χ1) is 4.83. The van der Waals surface area contributed by atoms with Crippen molar-refractivity contribution in [3.63, 3.8) is 0 Å². The molecule has 0 bridgehead atoms. The zero-order chi connectivity index (χ0) is 7.40. The van der Waals surface area contributed by atoms with Crippen LogP contribution in [0.25, 0.3) is 0 Å². The van der Waals surface area contributed by atoms with Crippen molar-refractivity contribution in [2.24, 2.45) is 0 Å². The van der Waals surface area contributed by atoms with Gasteiger partial charge in [0.15, 0.2) is 9.84 Å². The molecule has 0 atom stereocenters. The number of nitrogens with zero attached hydrogens (tertiary/aromatic N) is 2. The fourth-order valence-corrected chi connectivity index (χ4v) is 2.97. The fraction of sp³-hybridized carbons (Fsp3) is 1.00. The zero-order valence-electron chi connectivity index (χ0n) is 7.14. The Morgan fingerprint density at radius 2 is 2.20 bits per heavy atom. The Bertz CT molecular complexity index is 97.6. The van der Waals surface area contributed by atoms with Gasteiger partial charge in [0.05, 0.1) is 0 Å². The molecule has 0 aromatic rings. The molecule has 1 saturated heterocycles. The minimum atomic E-state index is 0.0279. The van der Waals surface area contributed by atoms with E-state index in [2.05, 4.69) is 23.1 Å². The van der Waals surface area contributed by atoms with E-state index >= 15 is 0 Å². The minimum Gasteiger partial charge on any atom is -0.318 e. The van der Waals surface area contributed by atoms with Crippen LogP contribution < -0.4 is 0 Å². The second-order valence-corrected chi connectivity index (χ2v) is 5.45. The molecule has 60 valence electrons. The minimum absolute atomic E-state index is 0.0279. The van der Waals surface area contributed by atoms with E-state index in [-0.39, 0.29) is 9.84 Å². The van der Waals surface area contributed by atoms with Crippen LogP contribution in [0, 0.1) is 0 Å². The SMILES string of the molecule is CCCCN1CCN(C)[SiH2]1. The van der Waals surface area contributed by atoms with Gasteiger partial charge in [0, 0.05) is 13.1 Å². The van der Waals surface area contributed by atoms with Crippen LogP contribution in [-0.4, -0.2) is 45.7 Å². The van der Waals surface area contributed by atoms with Crippen molar-refractivity contribution in [3.05, 3.63) is 0 Å². The van der Waals surface area contributed by atoms with Gasteiger partial charge in [-0.3, -0.25) is 0 Å². The van der Waals surface area contributed by atoms with E-state index in [9.17, 15) is 0 Å². The van der Waals surface area contributed by atoms with E-state index in [1.165, 1.54) is 32.5 Å². The van der Waals surface area contributed by atoms with Gasteiger partial charge < -0.3 is 9.13 Å². The molecular formula is C7H18N2Si. The molecule has 1 aliphatic rings. The van der Waals surface area contributed by atoms with Crippen molar-refractivity contribution < 1.29 is 0 Å². The molecule has 1 heterocycles. The monoisotopic (exact) mass is 158 g/mol. The summed E-state index contributed by atoms with van der Waals surface area (Å²) in [5, 5.41) is 0. The van der Waals surface area contributed by atoms with E-state index in [1.807, 2.05) is 0 Å². The molecule has 1 rings (SSSR count). The third kappa shape index (κ3) is 2.40. The van der Waals surface area contributed by atoms with E-state index in [0.717, 1.165) is 0 Å². The third-order valence-corrected chi connectivity index (χ3v) is 3.90. The maximum atomic E-state index is 2.66. The second kappa shape index (κ2) is 4.11. The maximum absolute atomic E-state index is 2.66. The number of hydrogen-bond acceptors (Lipinski definition) is 2. The standard InChI is InChI=1S/C7H18N2Si/c1-3-4-5-9-7-6-8(2)10-9/h3-7,10H2,1-2H3. The summed E-state index contributed by atoms with van der Waals surface area (Å²) >= 11 is 0. The number of rotatable bonds is 3. The van der Waals surface area contributed by atoms with Gasteiger partial charge in [-0.15, -0.1) is 0 Å². The highest BCUT2D eigenvalue weighted by molar-refractivity contribution is 6.29. The number of likely N-dealkylation sites (N-methyl/N-ethyl adjacent to an activating group) is 1. The predicted octanol–water partition coefficient (Wildman–Crippen LogP) is 0.0327. The first-order valence-electron chi connectivity index (χ1n) is 4.24. The molecule has 3 heteroatoms. The molecule has 0 spiro atoms. The Balaban J connectivity index is 2.06. The summed E-state index contributed by atoms with van der Waals surface area (Å²) in [7, 11) is 2.28. The van der Waals surface area contributed by atoms with Gasteiger partial charge in [-0.05, 0) is 20.0 Å². The van der Waals surface area contributed by atoms with Gasteiger partial charge in [-0.25, -0.2) is 0 Å². The Morgan fingerprint density at radius 1 is 1.40 bits per heavy atom. The average molecular weight is 158 g/mol. The van der Waals surface area contributed by atoms with Crippen molar-refractivity contribution in [1.29, 1.82) is 0 Å². The number of hydrogen-bond donors (Lipinski definition) is 0. The van der Waals surface area contributed by atoms with Crippen molar-refractivity contribution in [2.75, 3.05) is 26.7 Å². The van der Waals surface area contributed by atoms with Gasteiger partial charge in [0.25, 0.3) is 0 Å². The summed E-state index contributed by atoms with van der Waals surface area (Å²) in [6.07, 6.45) is 2.73. The summed E-state index contributed by atoms with van der Waals surface area (Å²) in [6.45, 7) is 6.27. The lowest BCUT2D eigenvalue weighted by atomic mass is 10.3. The predicted molar refractivity (Wildman–Crippen MR) is 47.7 cm³/mol. The summed E-state index contributed by atoms with van der Waals surface area (Å²) in [5.41, 5.74) is 0. The van der Waals surface area contributed by atoms with Crippen LogP contribution in [0.4, 0.5) is 0 Å². The van der Waals surface area contributed by atoms with Crippen LogP contribution in [-0.2, 0) is 0 Å². The van der Waals surface area contributed by atoms with E-state index in [4.69, 9.17) is 0 Å². The van der Waals surface area contributed by atoms with Gasteiger partial charge >= 0.3 is 0 Å². The highest BCUT2D eigenvalue weighted by Crippen LogP contribution is 2.00. The lowest BCUT2D eigenvalue weighted by molar-refractivity contribution is 0.464. The van der Waals surface area contributed by atoms with Crippen molar-refractivity contribution in [2.45, 2.75) is 19.8 Å². The molecule has 0 amide bonds. The molecule has 10 heavy (non-hydrogen) atoms. The Labute approximate surface area is 66.2 Å². The van der Waals surface area contributed by atoms with Crippen molar-refractivity contribution in [3.8, 4) is 0 Å². The first kappa shape index (κ1) is 8.24. The fourth-order valence-electron chi connectivity index (χ4n) is 1.36. The van der Waals surface area contributed by atoms with Crippen LogP contribution >= 0.6 is 0 Å². The molecule has 0 aromatic heterocycles. The molecule has 1 fully saturated rings. The average Bonchev–Trinajstić information content (AvgIpc) is 2.31. The first-order valence-corrected chi connectivity index (χ1v) is 5.50. The van der Waals surface area contributed by atoms with Gasteiger partial charge in [-0.1, -0.05) is 13.3 Å². The van der Waals surface area contributed by atoms with E-state index < -0.39 is 0 Å². The Morgan fingerprint density at radius 3 is 2.70 bits per heavy atom. The molecule has 0 aliphatic carbocycles. The molecule has 0 N–H and O–H groups in total. The van der Waals surface area contributed by atoms with E-state index in [1.54, 1.807) is 0 Å². The molecule has 1 aliphatic heterocycles. The molecule has 0 aromatic carbocycles. The zero-order valence-corrected chi connectivity index (χ0v) is 8.55.